The molecule has 2 aromatic carbocycles. The van der Waals surface area contributed by atoms with Gasteiger partial charge >= 0.3 is 6.03 Å². The predicted octanol–water partition coefficient (Wildman–Crippen LogP) is 4.16. The van der Waals surface area contributed by atoms with Gasteiger partial charge in [-0.15, -0.1) is 0 Å². The number of non-ortho nitro benzene ring substituents is 1. The van der Waals surface area contributed by atoms with Gasteiger partial charge in [-0.25, -0.2) is 4.79 Å². The number of carbonyl (C=O) groups is 1. The molecule has 2 amide bonds. The maximum Gasteiger partial charge on any atom is 0.323 e. The first-order valence-electron chi connectivity index (χ1n) is 6.82. The van der Waals surface area contributed by atoms with Crippen molar-refractivity contribution in [2.45, 2.75) is 0 Å². The number of nitrogens with one attached hydrogen (secondary N) is 2. The third kappa shape index (κ3) is 4.56. The van der Waals surface area contributed by atoms with Crippen LogP contribution in [0.1, 0.15) is 5.56 Å². The summed E-state index contributed by atoms with van der Waals surface area (Å²) in [6.45, 7) is 0. The number of halogens is 1. The van der Waals surface area contributed by atoms with Crippen LogP contribution in [0.3, 0.4) is 0 Å². The summed E-state index contributed by atoms with van der Waals surface area (Å²) < 4.78 is 5.97. The topological polar surface area (TPSA) is 93.5 Å². The van der Waals surface area contributed by atoms with E-state index >= 15 is 0 Å². The second-order valence-electron chi connectivity index (χ2n) is 4.60. The van der Waals surface area contributed by atoms with Crippen LogP contribution in [0, 0.1) is 10.1 Å². The number of rotatable bonds is 5. The number of ether oxygens (including phenoxy) is 1. The Kier molecular flexibility index (Phi) is 5.91. The fourth-order valence-corrected chi connectivity index (χ4v) is 2.30. The van der Waals surface area contributed by atoms with Crippen LogP contribution in [-0.2, 0) is 0 Å². The molecule has 2 N–H and O–H groups in total. The Bertz CT molecular complexity index is 793. The van der Waals surface area contributed by atoms with Gasteiger partial charge in [-0.2, -0.15) is 0 Å². The highest BCUT2D eigenvalue weighted by Gasteiger charge is 2.13. The van der Waals surface area contributed by atoms with Crippen LogP contribution in [0.2, 0.25) is 0 Å². The fourth-order valence-electron chi connectivity index (χ4n) is 1.88. The Morgan fingerprint density at radius 3 is 2.71 bits per heavy atom. The summed E-state index contributed by atoms with van der Waals surface area (Å²) in [5.74, 6) is 0.325. The number of nitrogens with zero attached hydrogens (tertiary/aromatic N) is 1. The molecule has 24 heavy (non-hydrogen) atoms. The van der Waals surface area contributed by atoms with E-state index < -0.39 is 11.0 Å². The Balaban J connectivity index is 2.05. The zero-order valence-electron chi connectivity index (χ0n) is 12.7. The summed E-state index contributed by atoms with van der Waals surface area (Å²) >= 11 is 3.40. The predicted molar refractivity (Wildman–Crippen MR) is 95.0 cm³/mol. The number of anilines is 1. The number of nitro benzene ring substituents is 1. The first-order chi connectivity index (χ1) is 11.5. The molecule has 0 aliphatic carbocycles. The van der Waals surface area contributed by atoms with Gasteiger partial charge in [0.25, 0.3) is 5.69 Å². The number of benzene rings is 2. The molecule has 0 radical (unpaired) electrons. The average molecular weight is 392 g/mol. The molecule has 0 fully saturated rings. The third-order valence-corrected chi connectivity index (χ3v) is 3.75. The Labute approximate surface area is 146 Å². The van der Waals surface area contributed by atoms with Crippen LogP contribution in [0.5, 0.6) is 5.75 Å². The summed E-state index contributed by atoms with van der Waals surface area (Å²) in [5.41, 5.74) is 0.957. The number of methoxy groups -OCH3 is 1. The normalized spacial score (nSPS) is 10.4. The third-order valence-electron chi connectivity index (χ3n) is 3.02. The second kappa shape index (κ2) is 8.11. The molecule has 0 bridgehead atoms. The first-order valence-corrected chi connectivity index (χ1v) is 7.61. The van der Waals surface area contributed by atoms with Crippen molar-refractivity contribution in [2.75, 3.05) is 12.4 Å². The van der Waals surface area contributed by atoms with E-state index in [2.05, 4.69) is 26.6 Å². The number of urea groups is 1. The average Bonchev–Trinajstić information content (AvgIpc) is 2.56. The van der Waals surface area contributed by atoms with Crippen molar-refractivity contribution in [2.24, 2.45) is 0 Å². The van der Waals surface area contributed by atoms with E-state index in [1.54, 1.807) is 6.08 Å². The number of carbonyl (C=O) groups excluding carboxylic acids is 1. The van der Waals surface area contributed by atoms with Crippen LogP contribution in [-0.4, -0.2) is 18.1 Å². The molecule has 0 saturated heterocycles. The van der Waals surface area contributed by atoms with Crippen LogP contribution in [0.25, 0.3) is 6.08 Å². The lowest BCUT2D eigenvalue weighted by atomic mass is 10.2. The lowest BCUT2D eigenvalue weighted by Gasteiger charge is -2.09. The Morgan fingerprint density at radius 1 is 1.29 bits per heavy atom. The molecule has 0 heterocycles. The maximum absolute atomic E-state index is 11.9. The summed E-state index contributed by atoms with van der Waals surface area (Å²) in [6.07, 6.45) is 3.19. The van der Waals surface area contributed by atoms with Crippen LogP contribution in [0.15, 0.2) is 53.1 Å². The van der Waals surface area contributed by atoms with Gasteiger partial charge in [-0.1, -0.05) is 34.1 Å². The first kappa shape index (κ1) is 17.5. The van der Waals surface area contributed by atoms with E-state index in [0.717, 1.165) is 10.0 Å². The van der Waals surface area contributed by atoms with Crippen molar-refractivity contribution in [1.82, 2.24) is 5.32 Å². The van der Waals surface area contributed by atoms with Crippen molar-refractivity contribution in [1.29, 1.82) is 0 Å². The highest BCUT2D eigenvalue weighted by Crippen LogP contribution is 2.28. The summed E-state index contributed by atoms with van der Waals surface area (Å²) in [7, 11) is 1.41. The molecule has 0 aromatic heterocycles. The van der Waals surface area contributed by atoms with Crippen molar-refractivity contribution in [3.63, 3.8) is 0 Å². The standard InChI is InChI=1S/C16H14BrN3O4/c1-24-15-7-6-12(20(22)23)10-14(15)19-16(21)18-9-8-11-4-2-3-5-13(11)17/h2-10H,1H3,(H2,18,19,21)/b9-8+. The fraction of sp³-hybridized carbons (Fsp3) is 0.0625. The largest absolute Gasteiger partial charge is 0.495 e. The van der Waals surface area contributed by atoms with Gasteiger partial charge in [-0.05, 0) is 23.8 Å². The molecular formula is C16H14BrN3O4. The summed E-state index contributed by atoms with van der Waals surface area (Å²) in [4.78, 5) is 22.2. The summed E-state index contributed by atoms with van der Waals surface area (Å²) in [5, 5.41) is 15.9. The molecule has 7 nitrogen and oxygen atoms in total. The maximum atomic E-state index is 11.9. The number of hydrogen-bond acceptors (Lipinski definition) is 4. The monoisotopic (exact) mass is 391 g/mol. The Hall–Kier alpha value is -2.87. The SMILES string of the molecule is COc1ccc([N+](=O)[O-])cc1NC(=O)N/C=C/c1ccccc1Br. The van der Waals surface area contributed by atoms with Crippen molar-refractivity contribution in [3.8, 4) is 5.75 Å². The molecule has 2 aromatic rings. The van der Waals surface area contributed by atoms with E-state index in [-0.39, 0.29) is 11.4 Å². The molecule has 0 saturated carbocycles. The van der Waals surface area contributed by atoms with Gasteiger partial charge in [0, 0.05) is 22.8 Å². The van der Waals surface area contributed by atoms with Gasteiger partial charge in [0.1, 0.15) is 5.75 Å². The minimum absolute atomic E-state index is 0.144. The molecule has 124 valence electrons. The highest BCUT2D eigenvalue weighted by atomic mass is 79.9. The van der Waals surface area contributed by atoms with E-state index in [9.17, 15) is 14.9 Å². The van der Waals surface area contributed by atoms with Gasteiger partial charge in [0.15, 0.2) is 0 Å². The molecule has 0 aliphatic heterocycles. The van der Waals surface area contributed by atoms with Gasteiger partial charge < -0.3 is 15.4 Å². The van der Waals surface area contributed by atoms with Crippen LogP contribution in [0.4, 0.5) is 16.2 Å². The van der Waals surface area contributed by atoms with E-state index in [1.165, 1.54) is 31.5 Å². The molecule has 0 atom stereocenters. The molecule has 2 rings (SSSR count). The quantitative estimate of drug-likeness (QED) is 0.590. The van der Waals surface area contributed by atoms with Crippen LogP contribution < -0.4 is 15.4 Å². The number of nitro groups is 1. The lowest BCUT2D eigenvalue weighted by molar-refractivity contribution is -0.384. The second-order valence-corrected chi connectivity index (χ2v) is 5.45. The van der Waals surface area contributed by atoms with E-state index in [1.807, 2.05) is 24.3 Å². The molecular weight excluding hydrogens is 378 g/mol. The van der Waals surface area contributed by atoms with Crippen LogP contribution >= 0.6 is 15.9 Å². The van der Waals surface area contributed by atoms with Gasteiger partial charge in [-0.3, -0.25) is 10.1 Å². The Morgan fingerprint density at radius 2 is 2.04 bits per heavy atom. The molecule has 0 spiro atoms. The smallest absolute Gasteiger partial charge is 0.323 e. The zero-order valence-corrected chi connectivity index (χ0v) is 14.2. The van der Waals surface area contributed by atoms with Crippen molar-refractivity contribution in [3.05, 3.63) is 68.8 Å². The highest BCUT2D eigenvalue weighted by molar-refractivity contribution is 9.10. The van der Waals surface area contributed by atoms with E-state index in [0.29, 0.717) is 5.75 Å². The number of hydrogen-bond donors (Lipinski definition) is 2. The molecule has 0 unspecified atom stereocenters. The van der Waals surface area contributed by atoms with Crippen molar-refractivity contribution < 1.29 is 14.5 Å². The number of amides is 2. The van der Waals surface area contributed by atoms with Gasteiger partial charge in [0.05, 0.1) is 17.7 Å². The molecule has 0 aliphatic rings. The molecule has 8 heteroatoms. The summed E-state index contributed by atoms with van der Waals surface area (Å²) in [6, 6.07) is 10.9. The minimum atomic E-state index is -0.546. The lowest BCUT2D eigenvalue weighted by Crippen LogP contribution is -2.24. The van der Waals surface area contributed by atoms with E-state index in [4.69, 9.17) is 4.74 Å². The zero-order chi connectivity index (χ0) is 17.5. The van der Waals surface area contributed by atoms with Gasteiger partial charge in [0.2, 0.25) is 0 Å². The minimum Gasteiger partial charge on any atom is -0.495 e. The van der Waals surface area contributed by atoms with Crippen molar-refractivity contribution >= 4 is 39.4 Å².